The molecule has 15 bridgehead atoms. The number of carbonyl (C=O) groups excluding carboxylic acids is 2. The Morgan fingerprint density at radius 3 is 2.73 bits per heavy atom. The first-order chi connectivity index (χ1) is 30.7. The van der Waals surface area contributed by atoms with Gasteiger partial charge in [0.2, 0.25) is 0 Å². The molecule has 3 N–H and O–H groups in total. The number of aliphatic hydroxyl groups is 1. The fraction of sp³-hybridized carbons (Fsp3) is 0.600. The first-order valence-corrected chi connectivity index (χ1v) is 25.2. The molecule has 8 nitrogen and oxygen atoms in total. The molecule has 0 aromatic heterocycles. The van der Waals surface area contributed by atoms with Gasteiger partial charge in [-0.15, -0.1) is 0 Å². The number of hydrogen-bond donors (Lipinski definition) is 2. The summed E-state index contributed by atoms with van der Waals surface area (Å²) in [6.07, 6.45) is 17.0. The van der Waals surface area contributed by atoms with Gasteiger partial charge in [0.1, 0.15) is 11.2 Å². The van der Waals surface area contributed by atoms with Crippen molar-refractivity contribution in [2.45, 2.75) is 134 Å². The Morgan fingerprint density at radius 1 is 0.984 bits per heavy atom. The van der Waals surface area contributed by atoms with Crippen molar-refractivity contribution < 1.29 is 24.2 Å². The van der Waals surface area contributed by atoms with Crippen molar-refractivity contribution in [3.63, 3.8) is 0 Å². The molecule has 0 amide bonds. The molecule has 12 atom stereocenters. The van der Waals surface area contributed by atoms with Gasteiger partial charge in [0.25, 0.3) is 0 Å². The third-order valence-electron chi connectivity index (χ3n) is 19.2. The molecule has 3 saturated heterocycles. The second-order valence-electron chi connectivity index (χ2n) is 22.1. The lowest BCUT2D eigenvalue weighted by molar-refractivity contribution is -0.276. The van der Waals surface area contributed by atoms with E-state index >= 15 is 4.79 Å². The lowest BCUT2D eigenvalue weighted by Crippen LogP contribution is -2.77. The first-order valence-electron chi connectivity index (χ1n) is 25.2. The summed E-state index contributed by atoms with van der Waals surface area (Å²) in [5.41, 5.74) is 15.3. The van der Waals surface area contributed by atoms with Crippen molar-refractivity contribution >= 4 is 11.9 Å². The molecule has 16 rings (SSSR count). The second kappa shape index (κ2) is 13.9. The van der Waals surface area contributed by atoms with Crippen LogP contribution in [0.25, 0.3) is 0 Å². The number of ether oxygens (including phenoxy) is 2. The molecule has 3 spiro atoms. The Bertz CT molecular complexity index is 2480. The van der Waals surface area contributed by atoms with Crippen molar-refractivity contribution in [1.29, 1.82) is 0 Å². The molecule has 9 aliphatic heterocycles. The van der Waals surface area contributed by atoms with E-state index < -0.39 is 16.4 Å². The number of nitrogens with two attached hydrogens (primary N) is 1. The molecule has 5 aliphatic carbocycles. The molecule has 8 heteroatoms. The standard InChI is InChI=1S/C55H65N3O5/c1-3-9-39-27-44(59)50-53-20-19-40-42-26-37(46-31(2)22-36-17-18-43-38-25-34(28-57(39)30-38)29-58(43)49(36)48(40)46)24-33-12-6-11-32(23-33)10-4-5-16-45(54(42,53)52(61)62-50)55(53)41-15-7-13-35(14-8-21-56)47(41)51(60)63-55/h6-7,11-13,15,23,26,31,34,38-39,43,45-46,48,59H,3-5,8-10,14,16-22,24-25,27-30,56H2,1-2H3. The van der Waals surface area contributed by atoms with Gasteiger partial charge in [-0.1, -0.05) is 91.9 Å². The lowest BCUT2D eigenvalue weighted by atomic mass is 9.29. The van der Waals surface area contributed by atoms with Gasteiger partial charge < -0.3 is 25.2 Å². The minimum Gasteiger partial charge on any atom is -0.509 e. The smallest absolute Gasteiger partial charge is 0.339 e. The minimum absolute atomic E-state index is 0.127. The molecule has 9 heterocycles. The van der Waals surface area contributed by atoms with Crippen LogP contribution in [0.2, 0.25) is 0 Å². The van der Waals surface area contributed by atoms with Crippen LogP contribution in [-0.4, -0.2) is 65.1 Å². The van der Waals surface area contributed by atoms with Crippen LogP contribution < -0.4 is 5.73 Å². The van der Waals surface area contributed by atoms with E-state index in [0.717, 1.165) is 94.1 Å². The normalized spacial score (nSPS) is 40.3. The van der Waals surface area contributed by atoms with E-state index in [0.29, 0.717) is 73.3 Å². The Hall–Kier alpha value is -4.14. The van der Waals surface area contributed by atoms with E-state index in [2.05, 4.69) is 72.2 Å². The van der Waals surface area contributed by atoms with Gasteiger partial charge in [-0.05, 0) is 136 Å². The molecule has 1 saturated carbocycles. The van der Waals surface area contributed by atoms with E-state index in [9.17, 15) is 9.90 Å². The predicted molar refractivity (Wildman–Crippen MR) is 241 cm³/mol. The van der Waals surface area contributed by atoms with Crippen LogP contribution in [0.3, 0.4) is 0 Å². The summed E-state index contributed by atoms with van der Waals surface area (Å²) in [5.74, 6) is 1.89. The van der Waals surface area contributed by atoms with Crippen LogP contribution in [0.15, 0.2) is 88.0 Å². The van der Waals surface area contributed by atoms with Crippen molar-refractivity contribution in [2.24, 2.45) is 52.1 Å². The number of benzene rings is 2. The molecule has 2 aromatic rings. The van der Waals surface area contributed by atoms with Crippen molar-refractivity contribution in [3.05, 3.63) is 116 Å². The van der Waals surface area contributed by atoms with Crippen molar-refractivity contribution in [3.8, 4) is 0 Å². The van der Waals surface area contributed by atoms with Crippen LogP contribution in [0.5, 0.6) is 0 Å². The zero-order valence-electron chi connectivity index (χ0n) is 37.4. The highest BCUT2D eigenvalue weighted by atomic mass is 16.6. The quantitative estimate of drug-likeness (QED) is 0.287. The zero-order valence-corrected chi connectivity index (χ0v) is 37.4. The highest BCUT2D eigenvalue weighted by Crippen LogP contribution is 2.87. The average Bonchev–Trinajstić information content (AvgIpc) is 3.73. The molecular formula is C55H65N3O5. The summed E-state index contributed by atoms with van der Waals surface area (Å²) in [6, 6.07) is 16.2. The number of rotatable bonds is 5. The molecule has 0 radical (unpaired) electrons. The maximum atomic E-state index is 16.0. The zero-order chi connectivity index (χ0) is 42.6. The van der Waals surface area contributed by atoms with Crippen LogP contribution in [0.1, 0.15) is 130 Å². The highest BCUT2D eigenvalue weighted by molar-refractivity contribution is 6.00. The molecule has 2 aromatic carbocycles. The van der Waals surface area contributed by atoms with Crippen molar-refractivity contribution in [2.75, 3.05) is 26.2 Å². The molecular weight excluding hydrogens is 783 g/mol. The van der Waals surface area contributed by atoms with E-state index in [4.69, 9.17) is 15.2 Å². The number of aliphatic hydroxyl groups excluding tert-OH is 1. The number of esters is 2. The molecule has 14 aliphatic rings. The van der Waals surface area contributed by atoms with Gasteiger partial charge in [0.15, 0.2) is 11.4 Å². The molecule has 4 fully saturated rings. The molecule has 330 valence electrons. The topological polar surface area (TPSA) is 105 Å². The number of carbonyl (C=O) groups is 2. The SMILES string of the molecule is CCCC1CC(O)=C2OC(=O)C34C5=C6CCC23C2(OC(=O)c3c(CCCN)cccc32)C4CCCCc2cccc(c2)CC(=C5)C2C(C)CC3=C(C62)N2CC4CC(CN1C4)C2CC3. The average molecular weight is 848 g/mol. The van der Waals surface area contributed by atoms with Gasteiger partial charge in [-0.3, -0.25) is 9.69 Å². The van der Waals surface area contributed by atoms with Crippen LogP contribution in [0.4, 0.5) is 0 Å². The van der Waals surface area contributed by atoms with Gasteiger partial charge >= 0.3 is 11.9 Å². The predicted octanol–water partition coefficient (Wildman–Crippen LogP) is 9.39. The number of hydrogen-bond acceptors (Lipinski definition) is 8. The number of nitrogens with zero attached hydrogens (tertiary/aromatic N) is 2. The Morgan fingerprint density at radius 2 is 1.86 bits per heavy atom. The minimum atomic E-state index is -1.16. The van der Waals surface area contributed by atoms with E-state index in [1.807, 2.05) is 0 Å². The maximum absolute atomic E-state index is 16.0. The first kappa shape index (κ1) is 39.2. The summed E-state index contributed by atoms with van der Waals surface area (Å²) in [6.45, 7) is 8.49. The summed E-state index contributed by atoms with van der Waals surface area (Å²) >= 11 is 0. The Balaban J connectivity index is 1.13. The van der Waals surface area contributed by atoms with E-state index in [-0.39, 0.29) is 35.6 Å². The summed E-state index contributed by atoms with van der Waals surface area (Å²) in [4.78, 5) is 36.6. The third kappa shape index (κ3) is 4.90. The van der Waals surface area contributed by atoms with Gasteiger partial charge in [0, 0.05) is 61.2 Å². The van der Waals surface area contributed by atoms with Crippen molar-refractivity contribution in [1.82, 2.24) is 9.80 Å². The fourth-order valence-corrected chi connectivity index (χ4v) is 17.4. The van der Waals surface area contributed by atoms with Gasteiger partial charge in [-0.2, -0.15) is 0 Å². The van der Waals surface area contributed by atoms with Gasteiger partial charge in [-0.25, -0.2) is 4.79 Å². The highest BCUT2D eigenvalue weighted by Gasteiger charge is 2.93. The van der Waals surface area contributed by atoms with Gasteiger partial charge in [0.05, 0.1) is 11.0 Å². The van der Waals surface area contributed by atoms with Crippen LogP contribution in [-0.2, 0) is 39.1 Å². The second-order valence-corrected chi connectivity index (χ2v) is 22.1. The van der Waals surface area contributed by atoms with Crippen LogP contribution in [0, 0.1) is 46.3 Å². The molecule has 12 unspecified atom stereocenters. The molecule has 63 heavy (non-hydrogen) atoms. The van der Waals surface area contributed by atoms with E-state index in [1.165, 1.54) is 41.5 Å². The van der Waals surface area contributed by atoms with E-state index in [1.54, 1.807) is 11.3 Å². The number of piperidine rings is 2. The Labute approximate surface area is 373 Å². The summed E-state index contributed by atoms with van der Waals surface area (Å²) in [7, 11) is 0. The Kier molecular flexibility index (Phi) is 8.68. The monoisotopic (exact) mass is 847 g/mol. The third-order valence-corrected chi connectivity index (χ3v) is 19.2. The summed E-state index contributed by atoms with van der Waals surface area (Å²) < 4.78 is 14.2. The number of allylic oxidation sites excluding steroid dienone is 4. The van der Waals surface area contributed by atoms with Crippen LogP contribution >= 0.6 is 0 Å². The largest absolute Gasteiger partial charge is 0.509 e. The lowest BCUT2D eigenvalue weighted by Gasteiger charge is -2.71. The summed E-state index contributed by atoms with van der Waals surface area (Å²) in [5, 5.41) is 13.1. The fourth-order valence-electron chi connectivity index (χ4n) is 17.4. The maximum Gasteiger partial charge on any atom is 0.339 e. The number of fused-ring (bicyclic) bond motifs is 6. The number of aryl methyl sites for hydroxylation is 2.